The quantitative estimate of drug-likeness (QED) is 0.0438. The lowest BCUT2D eigenvalue weighted by Gasteiger charge is -2.12. The molecule has 6 rings (SSSR count). The zero-order valence-electron chi connectivity index (χ0n) is 41.4. The van der Waals surface area contributed by atoms with Crippen molar-refractivity contribution in [3.05, 3.63) is 108 Å². The summed E-state index contributed by atoms with van der Waals surface area (Å²) < 4.78 is 9.26. The van der Waals surface area contributed by atoms with Crippen molar-refractivity contribution in [2.75, 3.05) is 66.9 Å². The molecule has 382 valence electrons. The minimum Gasteiger partial charge on any atom is -0.356 e. The highest BCUT2D eigenvalue weighted by Gasteiger charge is 2.22. The number of amides is 8. The summed E-state index contributed by atoms with van der Waals surface area (Å²) in [5, 5.41) is 22.0. The molecular formula is C47H61N17O8. The zero-order valence-corrected chi connectivity index (χ0v) is 41.4. The maximum atomic E-state index is 13.4. The van der Waals surface area contributed by atoms with Crippen LogP contribution in [0.25, 0.3) is 0 Å². The van der Waals surface area contributed by atoms with E-state index in [0.29, 0.717) is 35.0 Å². The Bertz CT molecular complexity index is 3000. The third-order valence-electron chi connectivity index (χ3n) is 11.3. The number of hydrogen-bond donors (Lipinski definition) is 9. The van der Waals surface area contributed by atoms with Crippen molar-refractivity contribution in [3.63, 3.8) is 0 Å². The summed E-state index contributed by atoms with van der Waals surface area (Å²) in [5.41, 5.74) is 9.05. The number of nitrogens with one attached hydrogen (secondary N) is 8. The molecule has 1 atom stereocenters. The summed E-state index contributed by atoms with van der Waals surface area (Å²) in [4.78, 5) is 110. The lowest BCUT2D eigenvalue weighted by molar-refractivity contribution is -0.121. The molecule has 6 aromatic rings. The fraction of sp³-hybridized carbons (Fsp3) is 0.340. The van der Waals surface area contributed by atoms with Crippen LogP contribution < -0.4 is 48.3 Å². The highest BCUT2D eigenvalue weighted by molar-refractivity contribution is 6.09. The number of hydrogen-bond acceptors (Lipinski definition) is 11. The highest BCUT2D eigenvalue weighted by Crippen LogP contribution is 2.21. The first kappa shape index (κ1) is 52.7. The van der Waals surface area contributed by atoms with Gasteiger partial charge in [0, 0.05) is 112 Å². The molecule has 6 heterocycles. The van der Waals surface area contributed by atoms with E-state index < -0.39 is 47.4 Å². The van der Waals surface area contributed by atoms with E-state index in [-0.39, 0.29) is 66.1 Å². The standard InChI is InChI=1S/C47H61N17O8/c1-58(2)16-9-12-49-39(65)11-14-52-43(68)35-19-30(25-61(35)5)54-45(70)37-21-31(26-63(37)7)56-44(69)36-20-28(23-62(36)6)53-41(66)33(48)10-13-51-42(67)34-18-29(24-60(34)4)55-46(71)38-22-32(27-64(38)8)57-47(72)40-50-15-17-59(40)3/h15,17-27,33H,9-14,16,48H2,1-8H3,(H,49,65)(H,51,67)(H,52,68)(H,53,66)(H,54,70)(H,55,71)(H,56,69)(H,57,72)/t33-/m1/s1. The number of carbonyl (C=O) groups excluding carboxylic acids is 8. The number of carbonyl (C=O) groups is 8. The van der Waals surface area contributed by atoms with Crippen molar-refractivity contribution in [1.82, 2.24) is 53.2 Å². The van der Waals surface area contributed by atoms with Gasteiger partial charge < -0.3 is 80.6 Å². The molecule has 10 N–H and O–H groups in total. The first-order chi connectivity index (χ1) is 34.2. The predicted molar refractivity (Wildman–Crippen MR) is 269 cm³/mol. The lowest BCUT2D eigenvalue weighted by Crippen LogP contribution is -2.39. The average molecular weight is 992 g/mol. The molecule has 0 unspecified atom stereocenters. The fourth-order valence-corrected chi connectivity index (χ4v) is 7.54. The summed E-state index contributed by atoms with van der Waals surface area (Å²) in [6, 6.07) is 6.46. The highest BCUT2D eigenvalue weighted by atomic mass is 16.2. The Kier molecular flexibility index (Phi) is 17.0. The number of nitrogens with zero attached hydrogens (tertiary/aromatic N) is 8. The Morgan fingerprint density at radius 3 is 1.31 bits per heavy atom. The van der Waals surface area contributed by atoms with Crippen LogP contribution in [0.15, 0.2) is 73.7 Å². The molecule has 6 aromatic heterocycles. The van der Waals surface area contributed by atoms with Crippen LogP contribution in [0.3, 0.4) is 0 Å². The van der Waals surface area contributed by atoms with Crippen molar-refractivity contribution < 1.29 is 38.4 Å². The van der Waals surface area contributed by atoms with Crippen LogP contribution in [-0.2, 0) is 51.9 Å². The number of nitrogens with two attached hydrogens (primary N) is 1. The van der Waals surface area contributed by atoms with Crippen LogP contribution in [0.5, 0.6) is 0 Å². The Labute approximate surface area is 414 Å². The Hall–Kier alpha value is -8.71. The number of anilines is 5. The lowest BCUT2D eigenvalue weighted by atomic mass is 10.2. The van der Waals surface area contributed by atoms with E-state index in [1.807, 2.05) is 19.0 Å². The second-order valence-electron chi connectivity index (χ2n) is 17.5. The van der Waals surface area contributed by atoms with Crippen LogP contribution >= 0.6 is 0 Å². The third kappa shape index (κ3) is 13.5. The molecule has 0 bridgehead atoms. The van der Waals surface area contributed by atoms with Crippen molar-refractivity contribution in [3.8, 4) is 0 Å². The summed E-state index contributed by atoms with van der Waals surface area (Å²) >= 11 is 0. The van der Waals surface area contributed by atoms with Crippen molar-refractivity contribution in [2.24, 2.45) is 48.0 Å². The van der Waals surface area contributed by atoms with E-state index in [2.05, 4.69) is 47.5 Å². The van der Waals surface area contributed by atoms with Gasteiger partial charge in [-0.2, -0.15) is 0 Å². The maximum Gasteiger partial charge on any atom is 0.291 e. The first-order valence-electron chi connectivity index (χ1n) is 22.8. The van der Waals surface area contributed by atoms with E-state index in [1.54, 1.807) is 87.0 Å². The Balaban J connectivity index is 0.932. The maximum absolute atomic E-state index is 13.4. The molecule has 72 heavy (non-hydrogen) atoms. The third-order valence-corrected chi connectivity index (χ3v) is 11.3. The molecule has 0 saturated carbocycles. The van der Waals surface area contributed by atoms with Crippen molar-refractivity contribution >= 4 is 75.7 Å². The number of aromatic nitrogens is 7. The summed E-state index contributed by atoms with van der Waals surface area (Å²) in [6.07, 6.45) is 12.0. The van der Waals surface area contributed by atoms with Gasteiger partial charge in [-0.1, -0.05) is 0 Å². The minimum absolute atomic E-state index is 0.0416. The van der Waals surface area contributed by atoms with Gasteiger partial charge in [0.05, 0.1) is 34.5 Å². The topological polar surface area (TPSA) is 305 Å². The summed E-state index contributed by atoms with van der Waals surface area (Å²) in [6.45, 7) is 1.58. The second-order valence-corrected chi connectivity index (χ2v) is 17.5. The van der Waals surface area contributed by atoms with Gasteiger partial charge >= 0.3 is 0 Å². The van der Waals surface area contributed by atoms with Crippen LogP contribution in [-0.4, -0.2) is 131 Å². The zero-order chi connectivity index (χ0) is 52.4. The molecule has 0 aromatic carbocycles. The predicted octanol–water partition coefficient (Wildman–Crippen LogP) is 1.40. The van der Waals surface area contributed by atoms with Gasteiger partial charge in [-0.25, -0.2) is 4.98 Å². The van der Waals surface area contributed by atoms with E-state index in [0.717, 1.165) is 13.0 Å². The van der Waals surface area contributed by atoms with Crippen LogP contribution in [0.4, 0.5) is 28.4 Å². The minimum atomic E-state index is -1.03. The van der Waals surface area contributed by atoms with E-state index >= 15 is 0 Å². The van der Waals surface area contributed by atoms with Gasteiger partial charge in [-0.3, -0.25) is 38.4 Å². The molecule has 0 spiro atoms. The summed E-state index contributed by atoms with van der Waals surface area (Å²) in [5.74, 6) is -3.32. The largest absolute Gasteiger partial charge is 0.356 e. The molecular weight excluding hydrogens is 931 g/mol. The smallest absolute Gasteiger partial charge is 0.291 e. The number of rotatable bonds is 22. The molecule has 0 saturated heterocycles. The molecule has 0 aliphatic rings. The SMILES string of the molecule is CN(C)CCCNC(=O)CCNC(=O)c1cc(NC(=O)c2cc(NC(=O)c3cc(NC(=O)[C@H](N)CCNC(=O)c4cc(NC(=O)c5cc(NC(=O)c6nccn6C)cn5C)cn4C)cn3C)cn2C)cn1C. The van der Waals surface area contributed by atoms with E-state index in [9.17, 15) is 38.4 Å². The van der Waals surface area contributed by atoms with Gasteiger partial charge in [0.2, 0.25) is 11.8 Å². The van der Waals surface area contributed by atoms with Gasteiger partial charge in [-0.05, 0) is 63.8 Å². The monoisotopic (exact) mass is 991 g/mol. The van der Waals surface area contributed by atoms with Crippen molar-refractivity contribution in [2.45, 2.75) is 25.3 Å². The average Bonchev–Trinajstić information content (AvgIpc) is 4.18. The van der Waals surface area contributed by atoms with Crippen molar-refractivity contribution in [1.29, 1.82) is 0 Å². The summed E-state index contributed by atoms with van der Waals surface area (Å²) in [7, 11) is 13.8. The Morgan fingerprint density at radius 1 is 0.514 bits per heavy atom. The Morgan fingerprint density at radius 2 is 0.903 bits per heavy atom. The van der Waals surface area contributed by atoms with Gasteiger partial charge in [0.15, 0.2) is 5.82 Å². The van der Waals surface area contributed by atoms with Crippen LogP contribution in [0.2, 0.25) is 0 Å². The first-order valence-corrected chi connectivity index (χ1v) is 22.8. The number of imidazole rings is 1. The van der Waals surface area contributed by atoms with Crippen LogP contribution in [0, 0.1) is 0 Å². The second kappa shape index (κ2) is 23.3. The fourth-order valence-electron chi connectivity index (χ4n) is 7.54. The van der Waals surface area contributed by atoms with Crippen LogP contribution in [0.1, 0.15) is 82.3 Å². The molecule has 25 heteroatoms. The number of aryl methyl sites for hydroxylation is 6. The molecule has 0 radical (unpaired) electrons. The van der Waals surface area contributed by atoms with Gasteiger partial charge in [0.1, 0.15) is 28.5 Å². The van der Waals surface area contributed by atoms with E-state index in [1.165, 1.54) is 56.4 Å². The molecule has 0 aliphatic heterocycles. The molecule has 0 aliphatic carbocycles. The van der Waals surface area contributed by atoms with Gasteiger partial charge in [0.25, 0.3) is 35.4 Å². The molecule has 8 amide bonds. The normalized spacial score (nSPS) is 11.5. The van der Waals surface area contributed by atoms with Gasteiger partial charge in [-0.15, -0.1) is 0 Å². The molecule has 25 nitrogen and oxygen atoms in total. The van der Waals surface area contributed by atoms with E-state index in [4.69, 9.17) is 5.73 Å². The molecule has 0 fully saturated rings.